The number of hydrogen-bond acceptors (Lipinski definition) is 4. The van der Waals surface area contributed by atoms with Gasteiger partial charge in [-0.25, -0.2) is 0 Å². The number of carbonyl (C=O) groups excluding carboxylic acids is 1. The average molecular weight is 386 g/mol. The maximum Gasteiger partial charge on any atom is 0.160 e. The van der Waals surface area contributed by atoms with Crippen LogP contribution in [-0.4, -0.2) is 22.8 Å². The van der Waals surface area contributed by atoms with Gasteiger partial charge in [-0.15, -0.1) is 12.6 Å². The zero-order valence-electron chi connectivity index (χ0n) is 10.3. The number of hydrogen-bond donors (Lipinski definition) is 3. The molecule has 2 aromatic rings. The molecule has 0 aromatic heterocycles. The van der Waals surface area contributed by atoms with E-state index in [9.17, 15) is 4.79 Å². The van der Waals surface area contributed by atoms with Crippen LogP contribution in [0.15, 0.2) is 41.3 Å². The molecule has 5 heteroatoms. The minimum Gasteiger partial charge on any atom is -0.383 e. The summed E-state index contributed by atoms with van der Waals surface area (Å²) in [7, 11) is 0. The van der Waals surface area contributed by atoms with E-state index < -0.39 is 6.04 Å². The van der Waals surface area contributed by atoms with Gasteiger partial charge in [-0.2, -0.15) is 0 Å². The highest BCUT2D eigenvalue weighted by atomic mass is 127. The average Bonchev–Trinajstić information content (AvgIpc) is 2.44. The highest BCUT2D eigenvalue weighted by molar-refractivity contribution is 14.1. The summed E-state index contributed by atoms with van der Waals surface area (Å²) in [5, 5.41) is 5.42. The molecule has 0 aliphatic heterocycles. The topological polar surface area (TPSA) is 55.1 Å². The van der Waals surface area contributed by atoms with Crippen molar-refractivity contribution in [2.75, 3.05) is 16.3 Å². The number of Topliss-reactive ketones (excluding diaryl/α,β-unsaturated/α-hetero) is 1. The van der Waals surface area contributed by atoms with Crippen LogP contribution < -0.4 is 11.1 Å². The van der Waals surface area contributed by atoms with Crippen molar-refractivity contribution in [2.45, 2.75) is 10.9 Å². The van der Waals surface area contributed by atoms with Crippen molar-refractivity contribution < 1.29 is 4.79 Å². The Balaban J connectivity index is 2.22. The first-order chi connectivity index (χ1) is 9.13. The molecule has 2 aromatic carbocycles. The summed E-state index contributed by atoms with van der Waals surface area (Å²) in [5.74, 6) is 0.0585. The van der Waals surface area contributed by atoms with E-state index in [-0.39, 0.29) is 5.78 Å². The number of nitrogens with one attached hydrogen (secondary N) is 1. The Labute approximate surface area is 131 Å². The zero-order valence-corrected chi connectivity index (χ0v) is 13.3. The largest absolute Gasteiger partial charge is 0.383 e. The van der Waals surface area contributed by atoms with Crippen LogP contribution in [0.2, 0.25) is 0 Å². The lowest BCUT2D eigenvalue weighted by molar-refractivity contribution is -0.117. The van der Waals surface area contributed by atoms with Crippen molar-refractivity contribution in [3.05, 3.63) is 36.4 Å². The number of benzene rings is 2. The monoisotopic (exact) mass is 386 g/mol. The number of ketones is 1. The van der Waals surface area contributed by atoms with Gasteiger partial charge in [-0.1, -0.05) is 46.9 Å². The van der Waals surface area contributed by atoms with E-state index in [1.807, 2.05) is 59.0 Å². The van der Waals surface area contributed by atoms with Gasteiger partial charge in [0.2, 0.25) is 0 Å². The Hall–Kier alpha value is -0.790. The molecule has 0 aliphatic carbocycles. The standard InChI is InChI=1S/C14H15IN2OS/c15-7-13(18)11(16)8-17-12-5-1-4-10-9(12)3-2-6-14(10)19/h1-6,11,17,19H,7-8,16H2. The summed E-state index contributed by atoms with van der Waals surface area (Å²) in [6.07, 6.45) is 0. The second-order valence-electron chi connectivity index (χ2n) is 4.27. The molecular weight excluding hydrogens is 371 g/mol. The fourth-order valence-electron chi connectivity index (χ4n) is 1.88. The van der Waals surface area contributed by atoms with Crippen molar-refractivity contribution >= 4 is 57.5 Å². The molecule has 2 rings (SSSR count). The molecule has 0 fully saturated rings. The third-order valence-corrected chi connectivity index (χ3v) is 4.10. The molecule has 0 amide bonds. The van der Waals surface area contributed by atoms with Crippen molar-refractivity contribution in [1.82, 2.24) is 0 Å². The third-order valence-electron chi connectivity index (χ3n) is 2.96. The van der Waals surface area contributed by atoms with Crippen LogP contribution >= 0.6 is 35.2 Å². The number of carbonyl (C=O) groups is 1. The molecule has 3 nitrogen and oxygen atoms in total. The highest BCUT2D eigenvalue weighted by Crippen LogP contribution is 2.27. The smallest absolute Gasteiger partial charge is 0.160 e. The van der Waals surface area contributed by atoms with Crippen LogP contribution in [0.5, 0.6) is 0 Å². The van der Waals surface area contributed by atoms with E-state index in [4.69, 9.17) is 5.73 Å². The number of fused-ring (bicyclic) bond motifs is 1. The van der Waals surface area contributed by atoms with E-state index in [0.717, 1.165) is 21.4 Å². The number of anilines is 1. The second-order valence-corrected chi connectivity index (χ2v) is 5.51. The van der Waals surface area contributed by atoms with Gasteiger partial charge in [0.05, 0.1) is 10.5 Å². The maximum atomic E-state index is 11.5. The lowest BCUT2D eigenvalue weighted by atomic mass is 10.1. The molecule has 1 unspecified atom stereocenters. The van der Waals surface area contributed by atoms with Crippen LogP contribution in [0.1, 0.15) is 0 Å². The molecule has 0 saturated heterocycles. The molecule has 19 heavy (non-hydrogen) atoms. The normalized spacial score (nSPS) is 12.4. The van der Waals surface area contributed by atoms with Gasteiger partial charge in [-0.05, 0) is 17.5 Å². The second kappa shape index (κ2) is 6.58. The van der Waals surface area contributed by atoms with Crippen LogP contribution in [-0.2, 0) is 4.79 Å². The SMILES string of the molecule is NC(CNc1cccc2c(S)cccc12)C(=O)CI. The number of halogens is 1. The molecular formula is C14H15IN2OS. The van der Waals surface area contributed by atoms with E-state index in [0.29, 0.717) is 11.0 Å². The van der Waals surface area contributed by atoms with E-state index in [1.54, 1.807) is 0 Å². The molecule has 0 bridgehead atoms. The Morgan fingerprint density at radius 2 is 1.95 bits per heavy atom. The fraction of sp³-hybridized carbons (Fsp3) is 0.214. The van der Waals surface area contributed by atoms with Gasteiger partial charge >= 0.3 is 0 Å². The molecule has 0 aliphatic rings. The van der Waals surface area contributed by atoms with Crippen molar-refractivity contribution in [3.63, 3.8) is 0 Å². The number of nitrogens with two attached hydrogens (primary N) is 1. The summed E-state index contributed by atoms with van der Waals surface area (Å²) in [6, 6.07) is 11.5. The Morgan fingerprint density at radius 3 is 2.68 bits per heavy atom. The quantitative estimate of drug-likeness (QED) is 0.421. The molecule has 0 saturated carbocycles. The fourth-order valence-corrected chi connectivity index (χ4v) is 2.73. The first-order valence-electron chi connectivity index (χ1n) is 5.92. The molecule has 3 N–H and O–H groups in total. The maximum absolute atomic E-state index is 11.5. The molecule has 0 heterocycles. The van der Waals surface area contributed by atoms with E-state index in [1.165, 1.54) is 0 Å². The molecule has 100 valence electrons. The minimum atomic E-state index is -0.466. The lowest BCUT2D eigenvalue weighted by Gasteiger charge is -2.14. The molecule has 1 atom stereocenters. The summed E-state index contributed by atoms with van der Waals surface area (Å²) < 4.78 is 0.441. The number of alkyl halides is 1. The van der Waals surface area contributed by atoms with Crippen molar-refractivity contribution in [3.8, 4) is 0 Å². The van der Waals surface area contributed by atoms with Gasteiger partial charge in [-0.3, -0.25) is 4.79 Å². The first-order valence-corrected chi connectivity index (χ1v) is 7.89. The minimum absolute atomic E-state index is 0.0585. The first kappa shape index (κ1) is 14.6. The predicted molar refractivity (Wildman–Crippen MR) is 91.6 cm³/mol. The highest BCUT2D eigenvalue weighted by Gasteiger charge is 2.12. The Kier molecular flexibility index (Phi) is 5.06. The van der Waals surface area contributed by atoms with Crippen molar-refractivity contribution in [2.24, 2.45) is 5.73 Å². The van der Waals surface area contributed by atoms with Crippen LogP contribution in [0.25, 0.3) is 10.8 Å². The third kappa shape index (κ3) is 3.40. The summed E-state index contributed by atoms with van der Waals surface area (Å²) >= 11 is 6.48. The van der Waals surface area contributed by atoms with E-state index in [2.05, 4.69) is 17.9 Å². The predicted octanol–water partition coefficient (Wildman–Crippen LogP) is 2.87. The van der Waals surface area contributed by atoms with Crippen LogP contribution in [0.4, 0.5) is 5.69 Å². The van der Waals surface area contributed by atoms with Gasteiger partial charge in [0.15, 0.2) is 5.78 Å². The van der Waals surface area contributed by atoms with Crippen LogP contribution in [0, 0.1) is 0 Å². The Morgan fingerprint density at radius 1 is 1.26 bits per heavy atom. The Bertz CT molecular complexity index is 603. The lowest BCUT2D eigenvalue weighted by Crippen LogP contribution is -2.37. The van der Waals surface area contributed by atoms with Gasteiger partial charge in [0, 0.05) is 22.5 Å². The number of rotatable bonds is 5. The zero-order chi connectivity index (χ0) is 13.8. The molecule has 0 radical (unpaired) electrons. The summed E-state index contributed by atoms with van der Waals surface area (Å²) in [5.41, 5.74) is 6.79. The summed E-state index contributed by atoms with van der Waals surface area (Å²) in [4.78, 5) is 12.4. The van der Waals surface area contributed by atoms with Crippen molar-refractivity contribution in [1.29, 1.82) is 0 Å². The van der Waals surface area contributed by atoms with Gasteiger partial charge < -0.3 is 11.1 Å². The summed E-state index contributed by atoms with van der Waals surface area (Å²) in [6.45, 7) is 0.442. The van der Waals surface area contributed by atoms with E-state index >= 15 is 0 Å². The van der Waals surface area contributed by atoms with Gasteiger partial charge in [0.1, 0.15) is 0 Å². The molecule has 0 spiro atoms. The van der Waals surface area contributed by atoms with Crippen LogP contribution in [0.3, 0.4) is 0 Å². The number of thiol groups is 1. The van der Waals surface area contributed by atoms with Gasteiger partial charge in [0.25, 0.3) is 0 Å².